The fourth-order valence-corrected chi connectivity index (χ4v) is 2.13. The zero-order valence-corrected chi connectivity index (χ0v) is 8.96. The first-order chi connectivity index (χ1) is 6.62. The molecule has 1 aromatic rings. The fraction of sp³-hybridized carbons (Fsp3) is 0.500. The molecule has 76 valence electrons. The van der Waals surface area contributed by atoms with Crippen LogP contribution >= 0.6 is 0 Å². The lowest BCUT2D eigenvalue weighted by atomic mass is 9.95. The zero-order chi connectivity index (χ0) is 10.2. The van der Waals surface area contributed by atoms with Crippen molar-refractivity contribution in [3.05, 3.63) is 29.8 Å². The molecule has 1 aliphatic carbocycles. The van der Waals surface area contributed by atoms with E-state index in [0.29, 0.717) is 5.41 Å². The number of nitrogen functional groups attached to an aromatic ring is 1. The minimum atomic E-state index is 0.428. The molecule has 1 fully saturated rings. The minimum absolute atomic E-state index is 0.428. The Balaban J connectivity index is 2.18. The molecule has 1 saturated carbocycles. The maximum atomic E-state index is 5.68. The maximum Gasteiger partial charge on any atom is 0.0314 e. The van der Waals surface area contributed by atoms with Gasteiger partial charge in [-0.3, -0.25) is 0 Å². The van der Waals surface area contributed by atoms with Gasteiger partial charge < -0.3 is 10.6 Å². The van der Waals surface area contributed by atoms with E-state index >= 15 is 0 Å². The average molecular weight is 190 g/mol. The summed E-state index contributed by atoms with van der Waals surface area (Å²) in [4.78, 5) is 2.27. The van der Waals surface area contributed by atoms with Crippen molar-refractivity contribution in [2.45, 2.75) is 18.3 Å². The summed E-state index contributed by atoms with van der Waals surface area (Å²) >= 11 is 0. The lowest BCUT2D eigenvalue weighted by molar-refractivity contribution is 0.363. The molecule has 0 atom stereocenters. The number of nitrogens with two attached hydrogens (primary N) is 1. The van der Waals surface area contributed by atoms with E-state index in [1.54, 1.807) is 0 Å². The van der Waals surface area contributed by atoms with Crippen molar-refractivity contribution >= 4 is 5.69 Å². The summed E-state index contributed by atoms with van der Waals surface area (Å²) in [6.07, 6.45) is 2.63. The lowest BCUT2D eigenvalue weighted by Gasteiger charge is -2.20. The molecule has 0 aromatic heterocycles. The summed E-state index contributed by atoms with van der Waals surface area (Å²) < 4.78 is 0. The summed E-state index contributed by atoms with van der Waals surface area (Å²) in [5.74, 6) is 0. The van der Waals surface area contributed by atoms with Crippen molar-refractivity contribution in [3.63, 3.8) is 0 Å². The van der Waals surface area contributed by atoms with Crippen molar-refractivity contribution in [3.8, 4) is 0 Å². The highest BCUT2D eigenvalue weighted by atomic mass is 15.1. The molecule has 0 radical (unpaired) electrons. The molecule has 0 spiro atoms. The highest BCUT2D eigenvalue weighted by Gasteiger charge is 2.44. The predicted octanol–water partition coefficient (Wildman–Crippen LogP) is 1.86. The van der Waals surface area contributed by atoms with Crippen LogP contribution in [0.5, 0.6) is 0 Å². The van der Waals surface area contributed by atoms with Gasteiger partial charge in [0.15, 0.2) is 0 Å². The Bertz CT molecular complexity index is 310. The van der Waals surface area contributed by atoms with E-state index in [4.69, 9.17) is 5.73 Å². The van der Waals surface area contributed by atoms with Gasteiger partial charge in [-0.05, 0) is 44.6 Å². The quantitative estimate of drug-likeness (QED) is 0.737. The van der Waals surface area contributed by atoms with Crippen LogP contribution in [0.3, 0.4) is 0 Å². The first-order valence-electron chi connectivity index (χ1n) is 5.13. The van der Waals surface area contributed by atoms with Gasteiger partial charge in [0.25, 0.3) is 0 Å². The van der Waals surface area contributed by atoms with Gasteiger partial charge in [-0.2, -0.15) is 0 Å². The van der Waals surface area contributed by atoms with Gasteiger partial charge in [0, 0.05) is 17.6 Å². The second-order valence-corrected chi connectivity index (χ2v) is 4.64. The SMILES string of the molecule is CN(C)CC1(c2ccc(N)cc2)CC1. The third-order valence-electron chi connectivity index (χ3n) is 3.00. The summed E-state index contributed by atoms with van der Waals surface area (Å²) in [7, 11) is 4.27. The molecule has 0 heterocycles. The number of likely N-dealkylation sites (N-methyl/N-ethyl adjacent to an activating group) is 1. The van der Waals surface area contributed by atoms with Crippen LogP contribution < -0.4 is 5.73 Å². The molecular weight excluding hydrogens is 172 g/mol. The third-order valence-corrected chi connectivity index (χ3v) is 3.00. The second-order valence-electron chi connectivity index (χ2n) is 4.64. The molecule has 2 nitrogen and oxygen atoms in total. The van der Waals surface area contributed by atoms with Crippen LogP contribution in [0.15, 0.2) is 24.3 Å². The Morgan fingerprint density at radius 3 is 2.21 bits per heavy atom. The number of nitrogens with zero attached hydrogens (tertiary/aromatic N) is 1. The summed E-state index contributed by atoms with van der Waals surface area (Å²) in [6.45, 7) is 1.15. The van der Waals surface area contributed by atoms with Crippen molar-refractivity contribution in [1.29, 1.82) is 0 Å². The molecule has 14 heavy (non-hydrogen) atoms. The van der Waals surface area contributed by atoms with Gasteiger partial charge in [0.1, 0.15) is 0 Å². The van der Waals surface area contributed by atoms with Gasteiger partial charge in [-0.25, -0.2) is 0 Å². The maximum absolute atomic E-state index is 5.68. The summed E-state index contributed by atoms with van der Waals surface area (Å²) in [5.41, 5.74) is 8.41. The molecule has 0 bridgehead atoms. The predicted molar refractivity (Wildman–Crippen MR) is 60.3 cm³/mol. The van der Waals surface area contributed by atoms with Crippen LogP contribution in [-0.2, 0) is 5.41 Å². The van der Waals surface area contributed by atoms with E-state index in [2.05, 4.69) is 31.1 Å². The molecule has 0 amide bonds. The molecular formula is C12H18N2. The standard InChI is InChI=1S/C12H18N2/c1-14(2)9-12(7-8-12)10-3-5-11(13)6-4-10/h3-6H,7-9,13H2,1-2H3. The Morgan fingerprint density at radius 2 is 1.79 bits per heavy atom. The monoisotopic (exact) mass is 190 g/mol. The summed E-state index contributed by atoms with van der Waals surface area (Å²) in [5, 5.41) is 0. The normalized spacial score (nSPS) is 18.5. The topological polar surface area (TPSA) is 29.3 Å². The van der Waals surface area contributed by atoms with Gasteiger partial charge in [-0.1, -0.05) is 12.1 Å². The van der Waals surface area contributed by atoms with Crippen molar-refractivity contribution < 1.29 is 0 Å². The van der Waals surface area contributed by atoms with E-state index < -0.39 is 0 Å². The van der Waals surface area contributed by atoms with Crippen LogP contribution in [-0.4, -0.2) is 25.5 Å². The second kappa shape index (κ2) is 3.28. The van der Waals surface area contributed by atoms with Crippen LogP contribution in [0.2, 0.25) is 0 Å². The smallest absolute Gasteiger partial charge is 0.0314 e. The molecule has 0 saturated heterocycles. The Morgan fingerprint density at radius 1 is 1.21 bits per heavy atom. The number of anilines is 1. The molecule has 0 aliphatic heterocycles. The van der Waals surface area contributed by atoms with Crippen molar-refractivity contribution in [1.82, 2.24) is 4.90 Å². The Hall–Kier alpha value is -1.02. The molecule has 1 aromatic carbocycles. The lowest BCUT2D eigenvalue weighted by Crippen LogP contribution is -2.25. The van der Waals surface area contributed by atoms with Crippen molar-refractivity contribution in [2.75, 3.05) is 26.4 Å². The highest BCUT2D eigenvalue weighted by molar-refractivity contribution is 5.43. The molecule has 2 heteroatoms. The third kappa shape index (κ3) is 1.75. The van der Waals surface area contributed by atoms with E-state index in [1.165, 1.54) is 18.4 Å². The van der Waals surface area contributed by atoms with Crippen molar-refractivity contribution in [2.24, 2.45) is 0 Å². The molecule has 1 aliphatic rings. The van der Waals surface area contributed by atoms with Gasteiger partial charge >= 0.3 is 0 Å². The van der Waals surface area contributed by atoms with Crippen LogP contribution in [0.1, 0.15) is 18.4 Å². The molecule has 2 rings (SSSR count). The zero-order valence-electron chi connectivity index (χ0n) is 8.96. The average Bonchev–Trinajstić information content (AvgIpc) is 2.85. The van der Waals surface area contributed by atoms with Crippen LogP contribution in [0, 0.1) is 0 Å². The van der Waals surface area contributed by atoms with E-state index in [-0.39, 0.29) is 0 Å². The van der Waals surface area contributed by atoms with E-state index in [0.717, 1.165) is 12.2 Å². The van der Waals surface area contributed by atoms with Gasteiger partial charge in [0.2, 0.25) is 0 Å². The van der Waals surface area contributed by atoms with E-state index in [9.17, 15) is 0 Å². The Labute approximate surface area is 85.7 Å². The summed E-state index contributed by atoms with van der Waals surface area (Å²) in [6, 6.07) is 8.35. The van der Waals surface area contributed by atoms with E-state index in [1.807, 2.05) is 12.1 Å². The Kier molecular flexibility index (Phi) is 2.23. The largest absolute Gasteiger partial charge is 0.399 e. The number of rotatable bonds is 3. The molecule has 2 N–H and O–H groups in total. The highest BCUT2D eigenvalue weighted by Crippen LogP contribution is 2.48. The van der Waals surface area contributed by atoms with Gasteiger partial charge in [-0.15, -0.1) is 0 Å². The van der Waals surface area contributed by atoms with Gasteiger partial charge in [0.05, 0.1) is 0 Å². The van der Waals surface area contributed by atoms with Crippen LogP contribution in [0.25, 0.3) is 0 Å². The number of hydrogen-bond donors (Lipinski definition) is 1. The number of hydrogen-bond acceptors (Lipinski definition) is 2. The first-order valence-corrected chi connectivity index (χ1v) is 5.13. The minimum Gasteiger partial charge on any atom is -0.399 e. The molecule has 0 unspecified atom stereocenters. The fourth-order valence-electron chi connectivity index (χ4n) is 2.13. The van der Waals surface area contributed by atoms with Crippen LogP contribution in [0.4, 0.5) is 5.69 Å². The number of benzene rings is 1. The first kappa shape index (κ1) is 9.53.